The van der Waals surface area contributed by atoms with Crippen LogP contribution in [0, 0.1) is 0 Å². The van der Waals surface area contributed by atoms with Gasteiger partial charge in [-0.25, -0.2) is 0 Å². The number of primary amides is 1. The second-order valence-electron chi connectivity index (χ2n) is 3.10. The van der Waals surface area contributed by atoms with Crippen molar-refractivity contribution in [3.8, 4) is 5.75 Å². The normalized spacial score (nSPS) is 10.2. The van der Waals surface area contributed by atoms with E-state index in [-0.39, 0.29) is 0 Å². The summed E-state index contributed by atoms with van der Waals surface area (Å²) >= 11 is 0. The van der Waals surface area contributed by atoms with E-state index in [1.165, 1.54) is 0 Å². The summed E-state index contributed by atoms with van der Waals surface area (Å²) in [7, 11) is 1.58. The summed E-state index contributed by atoms with van der Waals surface area (Å²) in [6, 6.07) is 5.12. The van der Waals surface area contributed by atoms with Crippen molar-refractivity contribution >= 4 is 16.7 Å². The number of methoxy groups -OCH3 is 1. The summed E-state index contributed by atoms with van der Waals surface area (Å²) in [5, 5.41) is 1.55. The van der Waals surface area contributed by atoms with Gasteiger partial charge in [0.05, 0.1) is 7.11 Å². The fourth-order valence-electron chi connectivity index (χ4n) is 1.56. The monoisotopic (exact) mass is 202 g/mol. The molecule has 4 nitrogen and oxygen atoms in total. The van der Waals surface area contributed by atoms with Crippen molar-refractivity contribution in [1.82, 2.24) is 4.98 Å². The minimum atomic E-state index is -0.450. The summed E-state index contributed by atoms with van der Waals surface area (Å²) in [6.45, 7) is 0. The number of benzene rings is 1. The highest BCUT2D eigenvalue weighted by molar-refractivity contribution is 6.07. The van der Waals surface area contributed by atoms with Gasteiger partial charge in [-0.3, -0.25) is 9.78 Å². The number of ether oxygens (including phenoxy) is 1. The van der Waals surface area contributed by atoms with E-state index in [1.807, 2.05) is 0 Å². The van der Waals surface area contributed by atoms with E-state index < -0.39 is 5.91 Å². The SMILES string of the molecule is COc1ccc(C(N)=O)c2ccncc12. The number of hydrogen-bond donors (Lipinski definition) is 1. The van der Waals surface area contributed by atoms with Crippen LogP contribution in [0.15, 0.2) is 30.6 Å². The fraction of sp³-hybridized carbons (Fsp3) is 0.0909. The Morgan fingerprint density at radius 1 is 1.33 bits per heavy atom. The molecule has 15 heavy (non-hydrogen) atoms. The zero-order valence-corrected chi connectivity index (χ0v) is 8.23. The Labute approximate surface area is 86.7 Å². The molecule has 0 aliphatic heterocycles. The van der Waals surface area contributed by atoms with Gasteiger partial charge in [0.1, 0.15) is 5.75 Å². The summed E-state index contributed by atoms with van der Waals surface area (Å²) in [5.41, 5.74) is 5.75. The van der Waals surface area contributed by atoms with Crippen LogP contribution in [-0.4, -0.2) is 18.0 Å². The van der Waals surface area contributed by atoms with E-state index in [0.717, 1.165) is 10.8 Å². The van der Waals surface area contributed by atoms with Gasteiger partial charge in [-0.2, -0.15) is 0 Å². The molecule has 2 aromatic rings. The molecular weight excluding hydrogens is 192 g/mol. The quantitative estimate of drug-likeness (QED) is 0.799. The van der Waals surface area contributed by atoms with Gasteiger partial charge >= 0.3 is 0 Å². The number of carbonyl (C=O) groups excluding carboxylic acids is 1. The topological polar surface area (TPSA) is 65.2 Å². The molecule has 1 heterocycles. The first-order chi connectivity index (χ1) is 7.24. The summed E-state index contributed by atoms with van der Waals surface area (Å²) in [4.78, 5) is 15.2. The molecule has 0 fully saturated rings. The number of carbonyl (C=O) groups is 1. The molecule has 0 unspecified atom stereocenters. The number of aromatic nitrogens is 1. The largest absolute Gasteiger partial charge is 0.496 e. The summed E-state index contributed by atoms with van der Waals surface area (Å²) < 4.78 is 5.17. The average molecular weight is 202 g/mol. The molecule has 1 aromatic heterocycles. The smallest absolute Gasteiger partial charge is 0.249 e. The standard InChI is InChI=1S/C11H10N2O2/c1-15-10-3-2-8(11(12)14)7-4-5-13-6-9(7)10/h2-6H,1H3,(H2,12,14). The molecule has 2 N–H and O–H groups in total. The maximum atomic E-state index is 11.2. The number of pyridine rings is 1. The first kappa shape index (κ1) is 9.45. The maximum absolute atomic E-state index is 11.2. The van der Waals surface area contributed by atoms with E-state index in [2.05, 4.69) is 4.98 Å². The van der Waals surface area contributed by atoms with Gasteiger partial charge in [-0.05, 0) is 18.2 Å². The predicted octanol–water partition coefficient (Wildman–Crippen LogP) is 1.34. The van der Waals surface area contributed by atoms with Gasteiger partial charge in [0, 0.05) is 28.7 Å². The van der Waals surface area contributed by atoms with Crippen LogP contribution in [0.5, 0.6) is 5.75 Å². The van der Waals surface area contributed by atoms with E-state index in [1.54, 1.807) is 37.7 Å². The van der Waals surface area contributed by atoms with Crippen LogP contribution in [0.1, 0.15) is 10.4 Å². The number of rotatable bonds is 2. The third-order valence-corrected chi connectivity index (χ3v) is 2.26. The molecule has 0 atom stereocenters. The number of fused-ring (bicyclic) bond motifs is 1. The van der Waals surface area contributed by atoms with Crippen molar-refractivity contribution in [1.29, 1.82) is 0 Å². The van der Waals surface area contributed by atoms with E-state index in [0.29, 0.717) is 11.3 Å². The molecule has 0 radical (unpaired) electrons. The van der Waals surface area contributed by atoms with E-state index in [9.17, 15) is 4.79 Å². The minimum Gasteiger partial charge on any atom is -0.496 e. The second-order valence-corrected chi connectivity index (χ2v) is 3.10. The van der Waals surface area contributed by atoms with Gasteiger partial charge in [0.2, 0.25) is 5.91 Å². The number of nitrogens with two attached hydrogens (primary N) is 1. The molecule has 1 aromatic carbocycles. The summed E-state index contributed by atoms with van der Waals surface area (Å²) in [5.74, 6) is 0.233. The molecule has 0 saturated heterocycles. The number of amides is 1. The third-order valence-electron chi connectivity index (χ3n) is 2.26. The molecule has 0 aliphatic carbocycles. The Hall–Kier alpha value is -2.10. The molecular formula is C11H10N2O2. The van der Waals surface area contributed by atoms with Gasteiger partial charge in [0.25, 0.3) is 0 Å². The molecule has 0 spiro atoms. The van der Waals surface area contributed by atoms with Crippen molar-refractivity contribution < 1.29 is 9.53 Å². The zero-order valence-electron chi connectivity index (χ0n) is 8.23. The highest BCUT2D eigenvalue weighted by Gasteiger charge is 2.09. The number of hydrogen-bond acceptors (Lipinski definition) is 3. The van der Waals surface area contributed by atoms with Crippen LogP contribution in [-0.2, 0) is 0 Å². The lowest BCUT2D eigenvalue weighted by Crippen LogP contribution is -2.11. The first-order valence-electron chi connectivity index (χ1n) is 4.44. The molecule has 2 rings (SSSR count). The fourth-order valence-corrected chi connectivity index (χ4v) is 1.56. The Bertz CT molecular complexity index is 523. The molecule has 1 amide bonds. The summed E-state index contributed by atoms with van der Waals surface area (Å²) in [6.07, 6.45) is 3.27. The molecule has 0 bridgehead atoms. The third kappa shape index (κ3) is 1.50. The van der Waals surface area contributed by atoms with E-state index >= 15 is 0 Å². The zero-order chi connectivity index (χ0) is 10.8. The second kappa shape index (κ2) is 3.57. The molecule has 0 aliphatic rings. The van der Waals surface area contributed by atoms with Crippen LogP contribution in [0.4, 0.5) is 0 Å². The molecule has 0 saturated carbocycles. The lowest BCUT2D eigenvalue weighted by atomic mass is 10.1. The van der Waals surface area contributed by atoms with Gasteiger partial charge in [0.15, 0.2) is 0 Å². The van der Waals surface area contributed by atoms with Crippen molar-refractivity contribution in [2.45, 2.75) is 0 Å². The van der Waals surface area contributed by atoms with Crippen LogP contribution in [0.3, 0.4) is 0 Å². The Morgan fingerprint density at radius 2 is 2.13 bits per heavy atom. The Balaban J connectivity index is 2.83. The van der Waals surface area contributed by atoms with Crippen molar-refractivity contribution in [2.24, 2.45) is 5.73 Å². The lowest BCUT2D eigenvalue weighted by molar-refractivity contribution is 0.100. The van der Waals surface area contributed by atoms with E-state index in [4.69, 9.17) is 10.5 Å². The van der Waals surface area contributed by atoms with Crippen LogP contribution in [0.25, 0.3) is 10.8 Å². The Kier molecular flexibility index (Phi) is 2.25. The van der Waals surface area contributed by atoms with Gasteiger partial charge < -0.3 is 10.5 Å². The Morgan fingerprint density at radius 3 is 2.80 bits per heavy atom. The predicted molar refractivity (Wildman–Crippen MR) is 56.8 cm³/mol. The van der Waals surface area contributed by atoms with Crippen molar-refractivity contribution in [3.05, 3.63) is 36.2 Å². The van der Waals surface area contributed by atoms with Crippen LogP contribution < -0.4 is 10.5 Å². The van der Waals surface area contributed by atoms with Crippen molar-refractivity contribution in [3.63, 3.8) is 0 Å². The minimum absolute atomic E-state index is 0.450. The highest BCUT2D eigenvalue weighted by atomic mass is 16.5. The van der Waals surface area contributed by atoms with Crippen molar-refractivity contribution in [2.75, 3.05) is 7.11 Å². The molecule has 76 valence electrons. The van der Waals surface area contributed by atoms with Crippen LogP contribution >= 0.6 is 0 Å². The highest BCUT2D eigenvalue weighted by Crippen LogP contribution is 2.27. The number of nitrogens with zero attached hydrogens (tertiary/aromatic N) is 1. The maximum Gasteiger partial charge on any atom is 0.249 e. The molecule has 4 heteroatoms. The average Bonchev–Trinajstić information content (AvgIpc) is 2.27. The first-order valence-corrected chi connectivity index (χ1v) is 4.44. The van der Waals surface area contributed by atoms with Gasteiger partial charge in [-0.15, -0.1) is 0 Å². The van der Waals surface area contributed by atoms with Crippen LogP contribution in [0.2, 0.25) is 0 Å². The lowest BCUT2D eigenvalue weighted by Gasteiger charge is -2.07. The van der Waals surface area contributed by atoms with Gasteiger partial charge in [-0.1, -0.05) is 0 Å².